The molecular weight excluding hydrogens is 1580 g/mol. The van der Waals surface area contributed by atoms with Crippen molar-refractivity contribution in [3.05, 3.63) is 0 Å². The molecule has 4 aliphatic heterocycles. The van der Waals surface area contributed by atoms with Gasteiger partial charge in [-0.3, -0.25) is 19.5 Å². The number of ketones is 2. The fourth-order valence-corrected chi connectivity index (χ4v) is 10.8. The van der Waals surface area contributed by atoms with Gasteiger partial charge in [-0.1, -0.05) is 49.0 Å². The second-order valence-corrected chi connectivity index (χ2v) is 33.5. The minimum atomic E-state index is -1.19. The number of aliphatic hydroxyl groups is 4. The molecule has 8 aliphatic rings. The van der Waals surface area contributed by atoms with Gasteiger partial charge in [0.15, 0.2) is 0 Å². The van der Waals surface area contributed by atoms with E-state index in [-0.39, 0.29) is 247 Å². The van der Waals surface area contributed by atoms with Crippen LogP contribution in [-0.2, 0) is 94.3 Å². The number of carbonyl (C=O) groups is 4. The van der Waals surface area contributed by atoms with Crippen LogP contribution >= 0.6 is 124 Å². The summed E-state index contributed by atoms with van der Waals surface area (Å²) in [6.07, 6.45) is 22.4. The summed E-state index contributed by atoms with van der Waals surface area (Å²) in [6.45, 7) is 37.8. The third kappa shape index (κ3) is 69.1. The summed E-state index contributed by atoms with van der Waals surface area (Å²) in [5.74, 6) is 1.63. The van der Waals surface area contributed by atoms with Crippen molar-refractivity contribution in [3.8, 4) is 0 Å². The number of hydrogen-bond donors (Lipinski definition) is 6. The number of rotatable bonds is 10. The summed E-state index contributed by atoms with van der Waals surface area (Å²) < 4.78 is 62.7. The molecule has 586 valence electrons. The second kappa shape index (κ2) is 79.4. The first-order chi connectivity index (χ1) is 39.0. The van der Waals surface area contributed by atoms with Crippen molar-refractivity contribution in [3.63, 3.8) is 0 Å². The number of Topliss-reactive ketones (excluding diaryl/α,β-unsaturated/α-hetero) is 2. The van der Waals surface area contributed by atoms with Gasteiger partial charge in [-0.15, -0.1) is 0 Å². The number of nitrogens with zero attached hydrogens (tertiary/aromatic N) is 3. The van der Waals surface area contributed by atoms with E-state index in [2.05, 4.69) is 20.3 Å². The molecule has 2 unspecified atom stereocenters. The van der Waals surface area contributed by atoms with Gasteiger partial charge >= 0.3 is 35.5 Å². The molecule has 35 heteroatoms. The largest absolute Gasteiger partial charge is 1.00 e. The van der Waals surface area contributed by atoms with E-state index >= 15 is 0 Å². The van der Waals surface area contributed by atoms with E-state index < -0.39 is 56.0 Å². The first-order valence-electron chi connectivity index (χ1n) is 30.3. The molecule has 8 N–H and O–H groups in total. The van der Waals surface area contributed by atoms with E-state index in [1.807, 2.05) is 93.6 Å². The average molecular weight is 1720 g/mol. The second-order valence-electron chi connectivity index (χ2n) is 24.9. The number of alkyl halides is 1. The number of halogens is 1. The van der Waals surface area contributed by atoms with Crippen LogP contribution in [0, 0.1) is 23.7 Å². The van der Waals surface area contributed by atoms with Crippen LogP contribution in [-0.4, -0.2) is 188 Å². The van der Waals surface area contributed by atoms with Crippen molar-refractivity contribution >= 4 is 198 Å². The van der Waals surface area contributed by atoms with Crippen LogP contribution < -0.4 is 34.7 Å². The first kappa shape index (κ1) is 138. The Kier molecular flexibility index (Phi) is 114. The van der Waals surface area contributed by atoms with Gasteiger partial charge in [0.05, 0.1) is 47.4 Å². The Hall–Kier alpha value is 3.34. The van der Waals surface area contributed by atoms with Gasteiger partial charge in [0, 0.05) is 92.7 Å². The minimum Gasteiger partial charge on any atom is -0.870 e. The summed E-state index contributed by atoms with van der Waals surface area (Å²) in [6, 6.07) is -0.284. The zero-order valence-corrected chi connectivity index (χ0v) is 77.6. The normalized spacial score (nSPS) is 21.3. The molecule has 10 atom stereocenters. The zero-order chi connectivity index (χ0) is 66.0. The molecule has 96 heavy (non-hydrogen) atoms. The number of aliphatic carboxylic acids is 1. The van der Waals surface area contributed by atoms with Gasteiger partial charge in [0.2, 0.25) is 0 Å². The van der Waals surface area contributed by atoms with E-state index in [1.54, 1.807) is 38.9 Å². The Balaban J connectivity index is -0.0000000538. The molecule has 8 rings (SSSR count). The molecule has 4 heterocycles. The Labute approximate surface area is 696 Å². The maximum Gasteiger partial charge on any atom is 1.00 e. The molecule has 0 radical (unpaired) electrons. The van der Waals surface area contributed by atoms with E-state index in [1.165, 1.54) is 84.0 Å². The monoisotopic (exact) mass is 1720 g/mol. The Bertz CT molecular complexity index is 1800. The van der Waals surface area contributed by atoms with Crippen molar-refractivity contribution in [1.29, 1.82) is 0 Å². The van der Waals surface area contributed by atoms with Crippen molar-refractivity contribution < 1.29 is 128 Å². The van der Waals surface area contributed by atoms with Crippen LogP contribution in [0.2, 0.25) is 0 Å². The van der Waals surface area contributed by atoms with Crippen LogP contribution in [0.15, 0.2) is 4.40 Å². The predicted octanol–water partition coefficient (Wildman–Crippen LogP) is 7.91. The van der Waals surface area contributed by atoms with Gasteiger partial charge in [-0.05, 0) is 219 Å². The summed E-state index contributed by atoms with van der Waals surface area (Å²) in [5.41, 5.74) is 0. The predicted molar refractivity (Wildman–Crippen MR) is 444 cm³/mol. The Morgan fingerprint density at radius 2 is 0.781 bits per heavy atom. The number of carboxylic acids is 1. The molecule has 4 saturated heterocycles. The molecule has 0 aromatic heterocycles. The zero-order valence-electron chi connectivity index (χ0n) is 61.1. The number of carbonyl (C=O) groups excluding carboxylic acids is 3. The van der Waals surface area contributed by atoms with E-state index in [4.69, 9.17) is 40.1 Å². The first-order valence-corrected chi connectivity index (χ1v) is 36.0. The van der Waals surface area contributed by atoms with Crippen molar-refractivity contribution in [1.82, 2.24) is 8.61 Å². The molecule has 20 nitrogen and oxygen atoms in total. The number of aldehydes is 1. The Morgan fingerprint density at radius 1 is 0.531 bits per heavy atom. The summed E-state index contributed by atoms with van der Waals surface area (Å²) in [7, 11) is -4.47. The average Bonchev–Trinajstić information content (AvgIpc) is 3.89. The van der Waals surface area contributed by atoms with Gasteiger partial charge in [-0.2, -0.15) is 112 Å². The SMILES string of the molecule is C.C1CCOC1.C1CCOC1.CC(=O)CBr.CC(=O)[C@@H]1[C@H](C2CCC2)N1[S@@](=O)C(C)(C)C.CC(C)(C)[S@](=O)N1[C@H](C(=O)O)[C@@H]1C1CCC1.CC(C)(C)[S@](=O)N=CC1CCC1.CC(C)(C)[S@](N)=O.CCO.CCO.CCO.CCO.O=CC1CCC1.S.S.S.S.S.S.S.S.[Na+].[OH-].[Ti]. The quantitative estimate of drug-likeness (QED) is 0.0398. The smallest absolute Gasteiger partial charge is 0.870 e. The standard InChI is InChI=1S/C12H21NO2S.C11H19NO3S.C9H17NOS.C5H8O.C4H11NOS.2C4H8O.C3H5BrO.4C2H6O.CH4.Na.H2O.8H2S.Ti/c1-8(14)10-11(9-6-5-7-9)13(10)16(15)12(2,3)4;1-11(2,3)16(15)12-8(7-5-4-6-7)9(12)10(13)14;1-9(2,3)12(11)10-7-8-5-4-6-8;6-4-5-2-1-3-5;1-4(2,3)7(5)6;2*1-2-4-5-3-1;1-3(5)2-4;4*1-2-3;;;;;;;;;;;;/h9-11H,5-7H2,1-4H3;7-9H,4-6H2,1-3H3,(H,13,14);7-8H,4-6H2,1-3H3;4-5H,1-3H2;5H2,1-3H3;2*1-4H2;2H2,1H3;4*3H,2H2,1H3;1H4;;9*1H2;/q;;;;;;;;;;;;;+1;;;;;;;;;;/p-1/t10-,11+,13?,16+;8-,9-,12?,16-;12-;;7-;;;;;;;;;;;;;;;;;;;/m100.1.................../s1. The van der Waals surface area contributed by atoms with Crippen molar-refractivity contribution in [2.45, 2.75) is 278 Å². The van der Waals surface area contributed by atoms with Crippen molar-refractivity contribution in [2.24, 2.45) is 33.2 Å². The maximum atomic E-state index is 12.3. The van der Waals surface area contributed by atoms with Crippen LogP contribution in [0.3, 0.4) is 0 Å². The number of hydrogen-bond acceptors (Lipinski definition) is 15. The molecular formula is C61H142BrN4NaO16S12Ti. The molecule has 0 amide bonds. The Morgan fingerprint density at radius 3 is 0.917 bits per heavy atom. The van der Waals surface area contributed by atoms with Crippen LogP contribution in [0.25, 0.3) is 0 Å². The molecule has 0 bridgehead atoms. The van der Waals surface area contributed by atoms with E-state index in [0.717, 1.165) is 58.4 Å². The fourth-order valence-electron chi connectivity index (χ4n) is 7.17. The van der Waals surface area contributed by atoms with Crippen LogP contribution in [0.1, 0.15) is 235 Å². The summed E-state index contributed by atoms with van der Waals surface area (Å²) >= 11 is 2.96. The maximum absolute atomic E-state index is 12.3. The van der Waals surface area contributed by atoms with Crippen LogP contribution in [0.5, 0.6) is 0 Å². The summed E-state index contributed by atoms with van der Waals surface area (Å²) in [5, 5.41) is 44.9. The van der Waals surface area contributed by atoms with Gasteiger partial charge < -0.3 is 45.3 Å². The number of carboxylic acid groups (broad SMARTS) is 1. The molecule has 8 fully saturated rings. The van der Waals surface area contributed by atoms with Gasteiger partial charge in [0.25, 0.3) is 0 Å². The van der Waals surface area contributed by atoms with Crippen molar-refractivity contribution in [2.75, 3.05) is 58.2 Å². The fraction of sp³-hybridized carbons (Fsp3) is 0.918. The molecule has 4 saturated carbocycles. The van der Waals surface area contributed by atoms with E-state index in [0.29, 0.717) is 29.0 Å². The number of nitrogens with two attached hydrogens (primary N) is 1. The minimum absolute atomic E-state index is 0. The third-order valence-corrected chi connectivity index (χ3v) is 20.0. The topological polar surface area (TPSA) is 331 Å². The molecule has 0 spiro atoms. The number of ether oxygens (including phenoxy) is 2. The summed E-state index contributed by atoms with van der Waals surface area (Å²) in [4.78, 5) is 42.2. The van der Waals surface area contributed by atoms with Gasteiger partial charge in [0.1, 0.15) is 56.9 Å². The van der Waals surface area contributed by atoms with E-state index in [9.17, 15) is 36.0 Å². The number of aliphatic hydroxyl groups excluding tert-OH is 4. The van der Waals surface area contributed by atoms with Crippen LogP contribution in [0.4, 0.5) is 0 Å². The van der Waals surface area contributed by atoms with Gasteiger partial charge in [-0.25, -0.2) is 25.4 Å². The molecule has 0 aromatic rings. The third-order valence-electron chi connectivity index (χ3n) is 12.8. The molecule has 0 aromatic carbocycles. The molecule has 4 aliphatic carbocycles.